The van der Waals surface area contributed by atoms with E-state index < -0.39 is 57.6 Å². The minimum absolute atomic E-state index is 0.136. The molecule has 0 bridgehead atoms. The standard InChI is InChI=1S/C47H86NO10P/c1-3-5-7-9-11-13-15-17-18-19-20-21-22-23-24-25-26-27-29-31-33-35-37-39-46(51)56-40-43(49)41-57-59(54,55)58-42-44(47(52)53)48-45(50)38-36-34-32-30-28-16-14-12-10-8-6-4-2/h11-14,17-18,43-44,49H,3-10,15-16,19-42H2,1-2H3,(H,48,50)(H,52,53)(H,54,55)/b13-11-,14-12-,18-17-. The lowest BCUT2D eigenvalue weighted by Crippen LogP contribution is -2.43. The van der Waals surface area contributed by atoms with Gasteiger partial charge in [0.05, 0.1) is 13.2 Å². The normalized spacial score (nSPS) is 14.0. The first-order chi connectivity index (χ1) is 28.6. The van der Waals surface area contributed by atoms with Gasteiger partial charge in [-0.2, -0.15) is 0 Å². The molecule has 59 heavy (non-hydrogen) atoms. The van der Waals surface area contributed by atoms with Crippen molar-refractivity contribution in [3.05, 3.63) is 36.5 Å². The summed E-state index contributed by atoms with van der Waals surface area (Å²) in [7, 11) is -4.76. The van der Waals surface area contributed by atoms with Gasteiger partial charge in [-0.1, -0.05) is 166 Å². The fourth-order valence-electron chi connectivity index (χ4n) is 6.46. The first kappa shape index (κ1) is 56.7. The molecule has 3 unspecified atom stereocenters. The highest BCUT2D eigenvalue weighted by atomic mass is 31.2. The van der Waals surface area contributed by atoms with Crippen LogP contribution in [-0.4, -0.2) is 64.9 Å². The summed E-state index contributed by atoms with van der Waals surface area (Å²) in [6.45, 7) is 2.54. The molecule has 0 radical (unpaired) electrons. The lowest BCUT2D eigenvalue weighted by molar-refractivity contribution is -0.147. The number of carboxylic acid groups (broad SMARTS) is 1. The van der Waals surface area contributed by atoms with Gasteiger partial charge in [0.1, 0.15) is 12.7 Å². The van der Waals surface area contributed by atoms with Crippen molar-refractivity contribution in [1.82, 2.24) is 5.32 Å². The van der Waals surface area contributed by atoms with Crippen LogP contribution in [0.2, 0.25) is 0 Å². The molecule has 344 valence electrons. The number of nitrogens with one attached hydrogen (secondary N) is 1. The molecule has 12 heteroatoms. The molecular formula is C47H86NO10P. The number of carbonyl (C=O) groups excluding carboxylic acids is 2. The Hall–Kier alpha value is -2.30. The van der Waals surface area contributed by atoms with Gasteiger partial charge < -0.3 is 25.2 Å². The summed E-state index contributed by atoms with van der Waals surface area (Å²) in [6.07, 6.45) is 46.0. The molecule has 4 N–H and O–H groups in total. The smallest absolute Gasteiger partial charge is 0.472 e. The maximum Gasteiger partial charge on any atom is 0.472 e. The van der Waals surface area contributed by atoms with Gasteiger partial charge in [-0.25, -0.2) is 9.36 Å². The van der Waals surface area contributed by atoms with E-state index in [2.05, 4.69) is 55.6 Å². The van der Waals surface area contributed by atoms with Crippen LogP contribution in [0.1, 0.15) is 213 Å². The predicted molar refractivity (Wildman–Crippen MR) is 240 cm³/mol. The van der Waals surface area contributed by atoms with Gasteiger partial charge in [-0.3, -0.25) is 18.6 Å². The van der Waals surface area contributed by atoms with Crippen LogP contribution in [0.5, 0.6) is 0 Å². The van der Waals surface area contributed by atoms with Crippen LogP contribution in [0.25, 0.3) is 0 Å². The molecule has 0 saturated heterocycles. The van der Waals surface area contributed by atoms with Crippen molar-refractivity contribution in [1.29, 1.82) is 0 Å². The number of phosphoric ester groups is 1. The number of carboxylic acids is 1. The second-order valence-electron chi connectivity index (χ2n) is 15.9. The lowest BCUT2D eigenvalue weighted by atomic mass is 10.0. The average molecular weight is 856 g/mol. The molecule has 0 aliphatic heterocycles. The molecule has 0 aliphatic rings. The van der Waals surface area contributed by atoms with Crippen LogP contribution in [0, 0.1) is 0 Å². The maximum absolute atomic E-state index is 12.3. The Kier molecular flexibility index (Phi) is 40.7. The Labute approximate surface area is 359 Å². The summed E-state index contributed by atoms with van der Waals surface area (Å²) >= 11 is 0. The Morgan fingerprint density at radius 1 is 0.542 bits per heavy atom. The van der Waals surface area contributed by atoms with Gasteiger partial charge >= 0.3 is 19.8 Å². The van der Waals surface area contributed by atoms with Crippen molar-refractivity contribution >= 4 is 25.7 Å². The number of amides is 1. The van der Waals surface area contributed by atoms with Crippen LogP contribution >= 0.6 is 7.82 Å². The highest BCUT2D eigenvalue weighted by molar-refractivity contribution is 7.47. The van der Waals surface area contributed by atoms with E-state index in [-0.39, 0.29) is 12.8 Å². The van der Waals surface area contributed by atoms with Gasteiger partial charge in [-0.15, -0.1) is 0 Å². The summed E-state index contributed by atoms with van der Waals surface area (Å²) in [5, 5.41) is 21.8. The van der Waals surface area contributed by atoms with Crippen LogP contribution in [0.4, 0.5) is 0 Å². The lowest BCUT2D eigenvalue weighted by Gasteiger charge is -2.18. The summed E-state index contributed by atoms with van der Waals surface area (Å²) in [4.78, 5) is 45.9. The van der Waals surface area contributed by atoms with E-state index in [1.165, 1.54) is 109 Å². The van der Waals surface area contributed by atoms with Crippen molar-refractivity contribution in [2.45, 2.75) is 225 Å². The molecule has 0 heterocycles. The number of unbranched alkanes of at least 4 members (excludes halogenated alkanes) is 24. The first-order valence-electron chi connectivity index (χ1n) is 23.5. The van der Waals surface area contributed by atoms with Crippen molar-refractivity contribution in [3.63, 3.8) is 0 Å². The summed E-state index contributed by atoms with van der Waals surface area (Å²) in [5.74, 6) is -2.38. The minimum atomic E-state index is -4.76. The van der Waals surface area contributed by atoms with E-state index in [1.807, 2.05) is 0 Å². The second kappa shape index (κ2) is 42.4. The summed E-state index contributed by atoms with van der Waals surface area (Å²) in [5.41, 5.74) is 0. The van der Waals surface area contributed by atoms with E-state index in [1.54, 1.807) is 0 Å². The van der Waals surface area contributed by atoms with Gasteiger partial charge in [0, 0.05) is 12.8 Å². The molecule has 0 aromatic rings. The van der Waals surface area contributed by atoms with E-state index in [4.69, 9.17) is 13.8 Å². The monoisotopic (exact) mass is 856 g/mol. The number of carbonyl (C=O) groups is 3. The van der Waals surface area contributed by atoms with Crippen LogP contribution < -0.4 is 5.32 Å². The Morgan fingerprint density at radius 2 is 0.932 bits per heavy atom. The molecule has 0 aliphatic carbocycles. The van der Waals surface area contributed by atoms with E-state index in [9.17, 15) is 34.1 Å². The Bertz CT molecular complexity index is 1140. The van der Waals surface area contributed by atoms with Crippen molar-refractivity contribution in [2.24, 2.45) is 0 Å². The van der Waals surface area contributed by atoms with E-state index in [0.717, 1.165) is 64.2 Å². The zero-order chi connectivity index (χ0) is 43.5. The van der Waals surface area contributed by atoms with Gasteiger partial charge in [0.2, 0.25) is 5.91 Å². The zero-order valence-corrected chi connectivity index (χ0v) is 38.2. The first-order valence-corrected chi connectivity index (χ1v) is 25.0. The van der Waals surface area contributed by atoms with Gasteiger partial charge in [0.25, 0.3) is 0 Å². The molecule has 0 rings (SSSR count). The van der Waals surface area contributed by atoms with Gasteiger partial charge in [-0.05, 0) is 70.6 Å². The summed E-state index contributed by atoms with van der Waals surface area (Å²) in [6, 6.07) is -1.55. The molecule has 0 aromatic heterocycles. The zero-order valence-electron chi connectivity index (χ0n) is 37.3. The van der Waals surface area contributed by atoms with Crippen LogP contribution in [-0.2, 0) is 32.7 Å². The van der Waals surface area contributed by atoms with Crippen molar-refractivity contribution in [3.8, 4) is 0 Å². The molecule has 0 aromatic carbocycles. The number of aliphatic carboxylic acids is 1. The molecule has 0 saturated carbocycles. The number of hydrogen-bond acceptors (Lipinski definition) is 8. The quantitative estimate of drug-likeness (QED) is 0.0200. The molecule has 11 nitrogen and oxygen atoms in total. The average Bonchev–Trinajstić information content (AvgIpc) is 3.21. The molecular weight excluding hydrogens is 769 g/mol. The van der Waals surface area contributed by atoms with Crippen LogP contribution in [0.15, 0.2) is 36.5 Å². The number of phosphoric acid groups is 1. The third-order valence-corrected chi connectivity index (χ3v) is 11.1. The van der Waals surface area contributed by atoms with E-state index >= 15 is 0 Å². The molecule has 0 fully saturated rings. The number of hydrogen-bond donors (Lipinski definition) is 4. The number of esters is 1. The fourth-order valence-corrected chi connectivity index (χ4v) is 7.23. The van der Waals surface area contributed by atoms with Crippen molar-refractivity contribution in [2.75, 3.05) is 19.8 Å². The second-order valence-corrected chi connectivity index (χ2v) is 17.4. The number of ether oxygens (including phenoxy) is 1. The number of aliphatic hydroxyl groups is 1. The van der Waals surface area contributed by atoms with E-state index in [0.29, 0.717) is 12.8 Å². The number of aliphatic hydroxyl groups excluding tert-OH is 1. The Balaban J connectivity index is 3.80. The third kappa shape index (κ3) is 42.2. The third-order valence-electron chi connectivity index (χ3n) is 10.2. The highest BCUT2D eigenvalue weighted by Crippen LogP contribution is 2.43. The van der Waals surface area contributed by atoms with Gasteiger partial charge in [0.15, 0.2) is 6.04 Å². The predicted octanol–water partition coefficient (Wildman–Crippen LogP) is 12.4. The maximum atomic E-state index is 12.3. The Morgan fingerprint density at radius 3 is 1.39 bits per heavy atom. The largest absolute Gasteiger partial charge is 0.480 e. The topological polar surface area (TPSA) is 169 Å². The molecule has 0 spiro atoms. The fraction of sp³-hybridized carbons (Fsp3) is 0.809. The SMILES string of the molecule is CCCCC/C=C\C/C=C\CCCCCCCCCCCCCCCC(=O)OCC(O)COP(=O)(O)OCC(NC(=O)CCCCCCC/C=C\CCCCC)C(=O)O. The highest BCUT2D eigenvalue weighted by Gasteiger charge is 2.28. The summed E-state index contributed by atoms with van der Waals surface area (Å²) < 4.78 is 26.9. The number of rotatable bonds is 44. The molecule has 1 amide bonds. The van der Waals surface area contributed by atoms with Crippen molar-refractivity contribution < 1.29 is 47.8 Å². The number of allylic oxidation sites excluding steroid dienone is 6. The minimum Gasteiger partial charge on any atom is -0.480 e. The van der Waals surface area contributed by atoms with Crippen LogP contribution in [0.3, 0.4) is 0 Å². The molecule has 3 atom stereocenters.